The second-order valence-corrected chi connectivity index (χ2v) is 4.26. The highest BCUT2D eigenvalue weighted by Crippen LogP contribution is 2.25. The second-order valence-electron chi connectivity index (χ2n) is 3.85. The molecular weight excluding hydrogens is 258 g/mol. The number of rotatable bonds is 1. The first-order chi connectivity index (χ1) is 8.65. The molecule has 1 N–H and O–H groups in total. The van der Waals surface area contributed by atoms with E-state index in [1.54, 1.807) is 12.1 Å². The van der Waals surface area contributed by atoms with Gasteiger partial charge >= 0.3 is 0 Å². The highest BCUT2D eigenvalue weighted by atomic mass is 35.5. The fourth-order valence-electron chi connectivity index (χ4n) is 1.78. The van der Waals surface area contributed by atoms with Crippen LogP contribution in [-0.4, -0.2) is 9.97 Å². The van der Waals surface area contributed by atoms with Crippen LogP contribution in [0.25, 0.3) is 22.4 Å². The van der Waals surface area contributed by atoms with Gasteiger partial charge in [0.25, 0.3) is 0 Å². The maximum Gasteiger partial charge on any atom is 0.151 e. The van der Waals surface area contributed by atoms with E-state index in [1.165, 1.54) is 24.3 Å². The number of halogens is 3. The van der Waals surface area contributed by atoms with Gasteiger partial charge in [0.2, 0.25) is 0 Å². The van der Waals surface area contributed by atoms with Gasteiger partial charge in [-0.3, -0.25) is 0 Å². The number of benzene rings is 2. The molecule has 3 aromatic rings. The molecule has 18 heavy (non-hydrogen) atoms. The molecule has 1 aromatic heterocycles. The van der Waals surface area contributed by atoms with E-state index in [0.717, 1.165) is 0 Å². The van der Waals surface area contributed by atoms with E-state index in [9.17, 15) is 8.78 Å². The van der Waals surface area contributed by atoms with Crippen LogP contribution in [0.4, 0.5) is 8.78 Å². The normalized spacial score (nSPS) is 11.1. The van der Waals surface area contributed by atoms with Crippen molar-refractivity contribution in [2.24, 2.45) is 0 Å². The predicted octanol–water partition coefficient (Wildman–Crippen LogP) is 4.16. The van der Waals surface area contributed by atoms with Gasteiger partial charge in [-0.15, -0.1) is 0 Å². The molecule has 90 valence electrons. The number of para-hydroxylation sites is 1. The van der Waals surface area contributed by atoms with Crippen molar-refractivity contribution in [1.29, 1.82) is 0 Å². The molecule has 0 aliphatic rings. The molecule has 3 rings (SSSR count). The van der Waals surface area contributed by atoms with Crippen molar-refractivity contribution < 1.29 is 8.78 Å². The van der Waals surface area contributed by atoms with E-state index in [1.807, 2.05) is 0 Å². The van der Waals surface area contributed by atoms with Crippen LogP contribution in [0.5, 0.6) is 0 Å². The number of aromatic nitrogens is 2. The van der Waals surface area contributed by atoms with Crippen LogP contribution in [0, 0.1) is 11.6 Å². The Morgan fingerprint density at radius 2 is 1.89 bits per heavy atom. The van der Waals surface area contributed by atoms with Crippen LogP contribution >= 0.6 is 11.6 Å². The van der Waals surface area contributed by atoms with E-state index in [2.05, 4.69) is 9.97 Å². The van der Waals surface area contributed by atoms with Gasteiger partial charge in [-0.2, -0.15) is 0 Å². The van der Waals surface area contributed by atoms with Crippen molar-refractivity contribution in [2.45, 2.75) is 0 Å². The minimum Gasteiger partial charge on any atom is -0.338 e. The van der Waals surface area contributed by atoms with E-state index in [4.69, 9.17) is 11.6 Å². The summed E-state index contributed by atoms with van der Waals surface area (Å²) in [4.78, 5) is 7.11. The van der Waals surface area contributed by atoms with E-state index < -0.39 is 11.6 Å². The number of aromatic amines is 1. The number of H-pyrrole nitrogens is 1. The molecule has 0 fully saturated rings. The summed E-state index contributed by atoms with van der Waals surface area (Å²) in [7, 11) is 0. The Bertz CT molecular complexity index is 737. The van der Waals surface area contributed by atoms with Gasteiger partial charge in [-0.1, -0.05) is 17.7 Å². The molecular formula is C13H7ClF2N2. The second kappa shape index (κ2) is 4.07. The Balaban J connectivity index is 2.19. The van der Waals surface area contributed by atoms with Crippen molar-refractivity contribution in [3.05, 3.63) is 53.1 Å². The summed E-state index contributed by atoms with van der Waals surface area (Å²) < 4.78 is 26.6. The maximum absolute atomic E-state index is 13.5. The molecule has 0 amide bonds. The number of hydrogen-bond acceptors (Lipinski definition) is 1. The SMILES string of the molecule is Fc1ccc(-c2nc3c(F)cccc3[nH]2)cc1Cl. The largest absolute Gasteiger partial charge is 0.338 e. The Hall–Kier alpha value is -1.94. The van der Waals surface area contributed by atoms with Gasteiger partial charge in [0.1, 0.15) is 17.2 Å². The maximum atomic E-state index is 13.5. The average molecular weight is 265 g/mol. The van der Waals surface area contributed by atoms with Crippen molar-refractivity contribution in [2.75, 3.05) is 0 Å². The highest BCUT2D eigenvalue weighted by Gasteiger charge is 2.10. The number of imidazole rings is 1. The molecule has 2 aromatic carbocycles. The molecule has 0 spiro atoms. The molecule has 0 atom stereocenters. The summed E-state index contributed by atoms with van der Waals surface area (Å²) >= 11 is 5.70. The zero-order chi connectivity index (χ0) is 12.7. The third-order valence-corrected chi connectivity index (χ3v) is 2.95. The lowest BCUT2D eigenvalue weighted by Crippen LogP contribution is -1.83. The van der Waals surface area contributed by atoms with Gasteiger partial charge in [0.05, 0.1) is 10.5 Å². The van der Waals surface area contributed by atoms with Crippen molar-refractivity contribution in [3.8, 4) is 11.4 Å². The Morgan fingerprint density at radius 3 is 2.61 bits per heavy atom. The number of hydrogen-bond donors (Lipinski definition) is 1. The monoisotopic (exact) mass is 264 g/mol. The van der Waals surface area contributed by atoms with Crippen LogP contribution in [0.2, 0.25) is 5.02 Å². The molecule has 2 nitrogen and oxygen atoms in total. The minimum atomic E-state index is -0.497. The average Bonchev–Trinajstić information content (AvgIpc) is 2.78. The lowest BCUT2D eigenvalue weighted by Gasteiger charge is -1.98. The Labute approximate surface area is 106 Å². The number of fused-ring (bicyclic) bond motifs is 1. The lowest BCUT2D eigenvalue weighted by molar-refractivity contribution is 0.628. The molecule has 5 heteroatoms. The van der Waals surface area contributed by atoms with Crippen LogP contribution in [0.3, 0.4) is 0 Å². The first-order valence-electron chi connectivity index (χ1n) is 5.25. The van der Waals surface area contributed by atoms with Crippen LogP contribution in [0.1, 0.15) is 0 Å². The Morgan fingerprint density at radius 1 is 1.06 bits per heavy atom. The zero-order valence-electron chi connectivity index (χ0n) is 9.05. The topological polar surface area (TPSA) is 28.7 Å². The molecule has 0 unspecified atom stereocenters. The summed E-state index contributed by atoms with van der Waals surface area (Å²) in [6.45, 7) is 0. The molecule has 0 saturated heterocycles. The number of nitrogens with one attached hydrogen (secondary N) is 1. The highest BCUT2D eigenvalue weighted by molar-refractivity contribution is 6.31. The number of nitrogens with zero attached hydrogens (tertiary/aromatic N) is 1. The summed E-state index contributed by atoms with van der Waals surface area (Å²) in [6.07, 6.45) is 0. The molecule has 1 heterocycles. The third-order valence-electron chi connectivity index (χ3n) is 2.66. The van der Waals surface area contributed by atoms with E-state index in [0.29, 0.717) is 16.9 Å². The van der Waals surface area contributed by atoms with Crippen molar-refractivity contribution in [3.63, 3.8) is 0 Å². The molecule has 0 radical (unpaired) electrons. The van der Waals surface area contributed by atoms with Gasteiger partial charge in [0, 0.05) is 5.56 Å². The molecule has 0 bridgehead atoms. The standard InChI is InChI=1S/C13H7ClF2N2/c14-8-6-7(4-5-9(8)15)13-17-11-3-1-2-10(16)12(11)18-13/h1-6H,(H,17,18). The molecule has 0 saturated carbocycles. The van der Waals surface area contributed by atoms with Gasteiger partial charge in [0.15, 0.2) is 5.82 Å². The summed E-state index contributed by atoms with van der Waals surface area (Å²) in [6, 6.07) is 8.90. The van der Waals surface area contributed by atoms with Crippen LogP contribution in [-0.2, 0) is 0 Å². The van der Waals surface area contributed by atoms with Crippen molar-refractivity contribution >= 4 is 22.6 Å². The summed E-state index contributed by atoms with van der Waals surface area (Å²) in [5.74, 6) is -0.442. The smallest absolute Gasteiger partial charge is 0.151 e. The zero-order valence-corrected chi connectivity index (χ0v) is 9.80. The van der Waals surface area contributed by atoms with Gasteiger partial charge in [-0.05, 0) is 30.3 Å². The van der Waals surface area contributed by atoms with Gasteiger partial charge < -0.3 is 4.98 Å². The third kappa shape index (κ3) is 1.75. The Kier molecular flexibility index (Phi) is 2.52. The quantitative estimate of drug-likeness (QED) is 0.702. The van der Waals surface area contributed by atoms with Crippen LogP contribution in [0.15, 0.2) is 36.4 Å². The molecule has 0 aliphatic carbocycles. The van der Waals surface area contributed by atoms with Crippen molar-refractivity contribution in [1.82, 2.24) is 9.97 Å². The van der Waals surface area contributed by atoms with E-state index in [-0.39, 0.29) is 10.5 Å². The fraction of sp³-hybridized carbons (Fsp3) is 0. The summed E-state index contributed by atoms with van der Waals surface area (Å²) in [5.41, 5.74) is 1.45. The van der Waals surface area contributed by atoms with E-state index >= 15 is 0 Å². The predicted molar refractivity (Wildman–Crippen MR) is 66.5 cm³/mol. The summed E-state index contributed by atoms with van der Waals surface area (Å²) in [5, 5.41) is 0.00780. The fourth-order valence-corrected chi connectivity index (χ4v) is 1.96. The minimum absolute atomic E-state index is 0.00780. The van der Waals surface area contributed by atoms with Gasteiger partial charge in [-0.25, -0.2) is 13.8 Å². The van der Waals surface area contributed by atoms with Crippen LogP contribution < -0.4 is 0 Å². The molecule has 0 aliphatic heterocycles. The first-order valence-corrected chi connectivity index (χ1v) is 5.62. The first kappa shape index (κ1) is 11.2. The lowest BCUT2D eigenvalue weighted by atomic mass is 10.2.